The monoisotopic (exact) mass is 445 g/mol. The Balaban J connectivity index is 1.42. The lowest BCUT2D eigenvalue weighted by Crippen LogP contribution is -2.35. The van der Waals surface area contributed by atoms with Gasteiger partial charge in [0.25, 0.3) is 0 Å². The molecular formula is C24H35N3O3S. The molecule has 7 heteroatoms. The second kappa shape index (κ2) is 11.5. The van der Waals surface area contributed by atoms with Crippen LogP contribution >= 0.6 is 11.3 Å². The average molecular weight is 446 g/mol. The van der Waals surface area contributed by atoms with Crippen molar-refractivity contribution in [2.24, 2.45) is 5.92 Å². The maximum atomic E-state index is 12.4. The number of hydrogen-bond acceptors (Lipinski definition) is 6. The average Bonchev–Trinajstić information content (AvgIpc) is 3.25. The van der Waals surface area contributed by atoms with E-state index in [4.69, 9.17) is 14.5 Å². The number of benzene rings is 1. The molecule has 6 nitrogen and oxygen atoms in total. The van der Waals surface area contributed by atoms with Crippen molar-refractivity contribution in [3.05, 3.63) is 39.8 Å². The van der Waals surface area contributed by atoms with Crippen LogP contribution in [0.15, 0.2) is 23.6 Å². The van der Waals surface area contributed by atoms with Crippen LogP contribution < -0.4 is 14.8 Å². The quantitative estimate of drug-likeness (QED) is 0.579. The van der Waals surface area contributed by atoms with Crippen molar-refractivity contribution in [1.82, 2.24) is 15.2 Å². The van der Waals surface area contributed by atoms with E-state index in [9.17, 15) is 4.79 Å². The lowest BCUT2D eigenvalue weighted by molar-refractivity contribution is -0.121. The highest BCUT2D eigenvalue weighted by atomic mass is 32.1. The van der Waals surface area contributed by atoms with Crippen LogP contribution in [0.1, 0.15) is 61.7 Å². The van der Waals surface area contributed by atoms with Gasteiger partial charge in [0.2, 0.25) is 5.91 Å². The number of rotatable bonds is 10. The summed E-state index contributed by atoms with van der Waals surface area (Å²) < 4.78 is 10.6. The summed E-state index contributed by atoms with van der Waals surface area (Å²) in [6.07, 6.45) is 3.88. The van der Waals surface area contributed by atoms with Crippen LogP contribution in [0.25, 0.3) is 0 Å². The standard InChI is InChI=1S/C24H35N3O3S/c1-17(2)21-16-31-24(26-21)15-27-11-5-6-18(14-27)7-10-23(28)25-13-19-8-9-20(29-3)12-22(19)30-4/h8-9,12,16-18H,5-7,10-11,13-15H2,1-4H3,(H,25,28). The first-order valence-corrected chi connectivity index (χ1v) is 12.0. The minimum absolute atomic E-state index is 0.0940. The molecule has 1 amide bonds. The Hall–Kier alpha value is -2.12. The maximum Gasteiger partial charge on any atom is 0.220 e. The van der Waals surface area contributed by atoms with Gasteiger partial charge in [-0.2, -0.15) is 0 Å². The zero-order chi connectivity index (χ0) is 22.2. The molecule has 1 aliphatic heterocycles. The number of carbonyl (C=O) groups is 1. The number of aromatic nitrogens is 1. The van der Waals surface area contributed by atoms with Crippen molar-refractivity contribution in [1.29, 1.82) is 0 Å². The highest BCUT2D eigenvalue weighted by molar-refractivity contribution is 7.09. The molecule has 0 spiro atoms. The van der Waals surface area contributed by atoms with Gasteiger partial charge in [0, 0.05) is 36.5 Å². The number of nitrogens with zero attached hydrogens (tertiary/aromatic N) is 2. The molecule has 1 saturated heterocycles. The summed E-state index contributed by atoms with van der Waals surface area (Å²) in [6.45, 7) is 7.94. The summed E-state index contributed by atoms with van der Waals surface area (Å²) in [5.74, 6) is 2.61. The van der Waals surface area contributed by atoms with Crippen molar-refractivity contribution in [3.63, 3.8) is 0 Å². The van der Waals surface area contributed by atoms with E-state index in [1.807, 2.05) is 18.2 Å². The lowest BCUT2D eigenvalue weighted by Gasteiger charge is -2.32. The van der Waals surface area contributed by atoms with Gasteiger partial charge < -0.3 is 14.8 Å². The van der Waals surface area contributed by atoms with Crippen LogP contribution in [0, 0.1) is 5.92 Å². The number of nitrogens with one attached hydrogen (secondary N) is 1. The van der Waals surface area contributed by atoms with Crippen molar-refractivity contribution in [2.45, 2.75) is 58.5 Å². The van der Waals surface area contributed by atoms with Crippen LogP contribution in [-0.4, -0.2) is 43.1 Å². The number of carbonyl (C=O) groups excluding carboxylic acids is 1. The van der Waals surface area contributed by atoms with Gasteiger partial charge in [-0.3, -0.25) is 9.69 Å². The molecule has 0 bridgehead atoms. The van der Waals surface area contributed by atoms with Gasteiger partial charge in [-0.25, -0.2) is 4.98 Å². The topological polar surface area (TPSA) is 63.7 Å². The number of methoxy groups -OCH3 is 2. The summed E-state index contributed by atoms with van der Waals surface area (Å²) in [5.41, 5.74) is 2.14. The highest BCUT2D eigenvalue weighted by Gasteiger charge is 2.22. The van der Waals surface area contributed by atoms with Crippen molar-refractivity contribution in [3.8, 4) is 11.5 Å². The van der Waals surface area contributed by atoms with Crippen LogP contribution in [0.3, 0.4) is 0 Å². The van der Waals surface area contributed by atoms with Gasteiger partial charge >= 0.3 is 0 Å². The first kappa shape index (κ1) is 23.5. The normalized spacial score (nSPS) is 17.0. The smallest absolute Gasteiger partial charge is 0.220 e. The third kappa shape index (κ3) is 6.94. The molecule has 3 rings (SSSR count). The Kier molecular flexibility index (Phi) is 8.72. The van der Waals surface area contributed by atoms with E-state index in [0.717, 1.165) is 43.1 Å². The summed E-state index contributed by atoms with van der Waals surface area (Å²) in [6, 6.07) is 5.65. The molecule has 0 radical (unpaired) electrons. The Labute approximate surface area is 190 Å². The van der Waals surface area contributed by atoms with Gasteiger partial charge in [-0.15, -0.1) is 11.3 Å². The molecule has 2 aromatic rings. The second-order valence-corrected chi connectivity index (χ2v) is 9.50. The number of amides is 1. The molecule has 1 atom stereocenters. The van der Waals surface area contributed by atoms with E-state index in [0.29, 0.717) is 24.8 Å². The Bertz CT molecular complexity index is 852. The van der Waals surface area contributed by atoms with Gasteiger partial charge in [-0.1, -0.05) is 13.8 Å². The van der Waals surface area contributed by atoms with E-state index < -0.39 is 0 Å². The zero-order valence-electron chi connectivity index (χ0n) is 19.1. The zero-order valence-corrected chi connectivity index (χ0v) is 20.0. The van der Waals surface area contributed by atoms with Gasteiger partial charge in [0.1, 0.15) is 16.5 Å². The summed E-state index contributed by atoms with van der Waals surface area (Å²) >= 11 is 1.77. The number of piperidine rings is 1. The fraction of sp³-hybridized carbons (Fsp3) is 0.583. The van der Waals surface area contributed by atoms with Crippen LogP contribution in [0.5, 0.6) is 11.5 Å². The minimum Gasteiger partial charge on any atom is -0.497 e. The molecule has 1 fully saturated rings. The minimum atomic E-state index is 0.0940. The first-order valence-electron chi connectivity index (χ1n) is 11.1. The third-order valence-corrected chi connectivity index (χ3v) is 6.72. The molecule has 1 aromatic carbocycles. The Morgan fingerprint density at radius 1 is 1.32 bits per heavy atom. The number of thiazole rings is 1. The van der Waals surface area contributed by atoms with Crippen LogP contribution in [0.2, 0.25) is 0 Å². The van der Waals surface area contributed by atoms with Crippen LogP contribution in [-0.2, 0) is 17.9 Å². The Morgan fingerprint density at radius 2 is 2.16 bits per heavy atom. The van der Waals surface area contributed by atoms with Gasteiger partial charge in [0.15, 0.2) is 0 Å². The molecule has 170 valence electrons. The fourth-order valence-corrected chi connectivity index (χ4v) is 5.00. The molecule has 2 heterocycles. The molecule has 1 aromatic heterocycles. The highest BCUT2D eigenvalue weighted by Crippen LogP contribution is 2.26. The van der Waals surface area contributed by atoms with Crippen molar-refractivity contribution in [2.75, 3.05) is 27.3 Å². The van der Waals surface area contributed by atoms with E-state index in [2.05, 4.69) is 29.4 Å². The van der Waals surface area contributed by atoms with Crippen LogP contribution in [0.4, 0.5) is 0 Å². The number of hydrogen-bond donors (Lipinski definition) is 1. The first-order chi connectivity index (χ1) is 15.0. The van der Waals surface area contributed by atoms with E-state index >= 15 is 0 Å². The summed E-state index contributed by atoms with van der Waals surface area (Å²) in [4.78, 5) is 19.7. The van der Waals surface area contributed by atoms with Crippen molar-refractivity contribution >= 4 is 17.2 Å². The predicted octanol–water partition coefficient (Wildman–Crippen LogP) is 4.59. The van der Waals surface area contributed by atoms with Gasteiger partial charge in [0.05, 0.1) is 26.5 Å². The molecule has 31 heavy (non-hydrogen) atoms. The summed E-state index contributed by atoms with van der Waals surface area (Å²) in [7, 11) is 3.26. The number of likely N-dealkylation sites (tertiary alicyclic amines) is 1. The predicted molar refractivity (Wildman–Crippen MR) is 125 cm³/mol. The molecule has 0 aliphatic carbocycles. The second-order valence-electron chi connectivity index (χ2n) is 8.56. The lowest BCUT2D eigenvalue weighted by atomic mass is 9.93. The SMILES string of the molecule is COc1ccc(CNC(=O)CCC2CCCN(Cc3nc(C(C)C)cs3)C2)c(OC)c1. The fourth-order valence-electron chi connectivity index (χ4n) is 4.00. The molecule has 1 unspecified atom stereocenters. The molecule has 0 saturated carbocycles. The molecule has 1 aliphatic rings. The molecule has 1 N–H and O–H groups in total. The largest absolute Gasteiger partial charge is 0.497 e. The van der Waals surface area contributed by atoms with Gasteiger partial charge in [-0.05, 0) is 49.8 Å². The summed E-state index contributed by atoms with van der Waals surface area (Å²) in [5, 5.41) is 6.42. The van der Waals surface area contributed by atoms with E-state index in [1.54, 1.807) is 25.6 Å². The maximum absolute atomic E-state index is 12.4. The number of ether oxygens (including phenoxy) is 2. The van der Waals surface area contributed by atoms with Crippen molar-refractivity contribution < 1.29 is 14.3 Å². The molecular weight excluding hydrogens is 410 g/mol. The van der Waals surface area contributed by atoms with E-state index in [1.165, 1.54) is 23.5 Å². The third-order valence-electron chi connectivity index (χ3n) is 5.87. The Morgan fingerprint density at radius 3 is 2.87 bits per heavy atom. The van der Waals surface area contributed by atoms with E-state index in [-0.39, 0.29) is 5.91 Å².